The van der Waals surface area contributed by atoms with Crippen molar-refractivity contribution in [3.05, 3.63) is 36.2 Å². The van der Waals surface area contributed by atoms with Crippen LogP contribution in [0.4, 0.5) is 11.6 Å². The molecule has 2 aromatic rings. The number of hydrogen-bond donors (Lipinski definition) is 1. The highest BCUT2D eigenvalue weighted by molar-refractivity contribution is 6.04. The van der Waals surface area contributed by atoms with Gasteiger partial charge in [-0.25, -0.2) is 9.97 Å². The van der Waals surface area contributed by atoms with Crippen molar-refractivity contribution in [3.63, 3.8) is 0 Å². The molecule has 0 saturated carbocycles. The average Bonchev–Trinajstić information content (AvgIpc) is 2.73. The van der Waals surface area contributed by atoms with Gasteiger partial charge in [-0.1, -0.05) is 0 Å². The fourth-order valence-corrected chi connectivity index (χ4v) is 2.93. The molecular weight excluding hydrogens is 362 g/mol. The highest BCUT2D eigenvalue weighted by Crippen LogP contribution is 2.29. The van der Waals surface area contributed by atoms with Crippen molar-refractivity contribution in [2.75, 3.05) is 50.6 Å². The minimum absolute atomic E-state index is 0.0700. The Morgan fingerprint density at radius 3 is 2.29 bits per heavy atom. The molecule has 0 atom stereocenters. The van der Waals surface area contributed by atoms with Gasteiger partial charge in [-0.2, -0.15) is 0 Å². The Bertz CT molecular complexity index is 848. The summed E-state index contributed by atoms with van der Waals surface area (Å²) < 4.78 is 10.5. The number of aromatic nitrogens is 2. The van der Waals surface area contributed by atoms with Crippen LogP contribution in [-0.2, 0) is 4.79 Å². The van der Waals surface area contributed by atoms with Crippen molar-refractivity contribution >= 4 is 23.5 Å². The van der Waals surface area contributed by atoms with Crippen LogP contribution in [0.15, 0.2) is 30.6 Å². The van der Waals surface area contributed by atoms with E-state index in [1.807, 2.05) is 4.90 Å². The standard InChI is InChI=1S/C19H23N5O4/c1-13(25)23-6-8-24(9-7-23)19-20-11-14(12-21-19)18(26)22-16-10-15(27-2)4-5-17(16)28-3/h4-5,10-12H,6-9H2,1-3H3,(H,22,26). The van der Waals surface area contributed by atoms with E-state index in [0.717, 1.165) is 0 Å². The SMILES string of the molecule is COc1ccc(OC)c(NC(=O)c2cnc(N3CCN(C(C)=O)CC3)nc2)c1. The van der Waals surface area contributed by atoms with Gasteiger partial charge in [0.2, 0.25) is 11.9 Å². The maximum Gasteiger partial charge on any atom is 0.258 e. The first-order valence-corrected chi connectivity index (χ1v) is 8.87. The lowest BCUT2D eigenvalue weighted by atomic mass is 10.2. The number of rotatable bonds is 5. The van der Waals surface area contributed by atoms with Crippen LogP contribution in [0.1, 0.15) is 17.3 Å². The van der Waals surface area contributed by atoms with E-state index in [9.17, 15) is 9.59 Å². The zero-order chi connectivity index (χ0) is 20.1. The highest BCUT2D eigenvalue weighted by Gasteiger charge is 2.21. The number of anilines is 2. The molecule has 9 nitrogen and oxygen atoms in total. The van der Waals surface area contributed by atoms with Crippen LogP contribution >= 0.6 is 0 Å². The van der Waals surface area contributed by atoms with E-state index in [4.69, 9.17) is 9.47 Å². The zero-order valence-electron chi connectivity index (χ0n) is 16.1. The minimum Gasteiger partial charge on any atom is -0.497 e. The fourth-order valence-electron chi connectivity index (χ4n) is 2.93. The van der Waals surface area contributed by atoms with E-state index in [2.05, 4.69) is 15.3 Å². The lowest BCUT2D eigenvalue weighted by Gasteiger charge is -2.34. The first-order valence-electron chi connectivity index (χ1n) is 8.87. The molecule has 1 fully saturated rings. The number of amides is 2. The summed E-state index contributed by atoms with van der Waals surface area (Å²) in [5, 5.41) is 2.79. The van der Waals surface area contributed by atoms with Gasteiger partial charge >= 0.3 is 0 Å². The molecule has 1 aliphatic rings. The smallest absolute Gasteiger partial charge is 0.258 e. The monoisotopic (exact) mass is 385 g/mol. The molecule has 0 aliphatic carbocycles. The Morgan fingerprint density at radius 1 is 1.04 bits per heavy atom. The molecular formula is C19H23N5O4. The molecule has 2 amide bonds. The molecule has 3 rings (SSSR count). The number of hydrogen-bond acceptors (Lipinski definition) is 7. The third-order valence-electron chi connectivity index (χ3n) is 4.56. The second kappa shape index (κ2) is 8.55. The highest BCUT2D eigenvalue weighted by atomic mass is 16.5. The zero-order valence-corrected chi connectivity index (χ0v) is 16.1. The van der Waals surface area contributed by atoms with E-state index < -0.39 is 0 Å². The number of methoxy groups -OCH3 is 2. The molecule has 0 spiro atoms. The second-order valence-corrected chi connectivity index (χ2v) is 6.29. The largest absolute Gasteiger partial charge is 0.497 e. The first kappa shape index (κ1) is 19.4. The van der Waals surface area contributed by atoms with Crippen molar-refractivity contribution in [1.82, 2.24) is 14.9 Å². The summed E-state index contributed by atoms with van der Waals surface area (Å²) in [7, 11) is 3.08. The molecule has 1 aliphatic heterocycles. The number of benzene rings is 1. The Kier molecular flexibility index (Phi) is 5.93. The van der Waals surface area contributed by atoms with Crippen molar-refractivity contribution in [1.29, 1.82) is 0 Å². The normalized spacial score (nSPS) is 13.8. The van der Waals surface area contributed by atoms with Gasteiger partial charge in [0.15, 0.2) is 0 Å². The van der Waals surface area contributed by atoms with E-state index >= 15 is 0 Å². The lowest BCUT2D eigenvalue weighted by molar-refractivity contribution is -0.129. The topological polar surface area (TPSA) is 96.9 Å². The third-order valence-corrected chi connectivity index (χ3v) is 4.56. The molecule has 0 unspecified atom stereocenters. The minimum atomic E-state index is -0.348. The molecule has 1 saturated heterocycles. The Labute approximate surface area is 163 Å². The Balaban J connectivity index is 1.67. The maximum atomic E-state index is 12.5. The molecule has 0 bridgehead atoms. The maximum absolute atomic E-state index is 12.5. The quantitative estimate of drug-likeness (QED) is 0.831. The summed E-state index contributed by atoms with van der Waals surface area (Å²) in [6, 6.07) is 5.15. The molecule has 1 aromatic heterocycles. The van der Waals surface area contributed by atoms with Crippen LogP contribution in [0.25, 0.3) is 0 Å². The van der Waals surface area contributed by atoms with Crippen LogP contribution in [0.5, 0.6) is 11.5 Å². The number of carbonyl (C=O) groups excluding carboxylic acids is 2. The fraction of sp³-hybridized carbons (Fsp3) is 0.368. The van der Waals surface area contributed by atoms with Crippen molar-refractivity contribution in [2.24, 2.45) is 0 Å². The second-order valence-electron chi connectivity index (χ2n) is 6.29. The number of nitrogens with zero attached hydrogens (tertiary/aromatic N) is 4. The Morgan fingerprint density at radius 2 is 1.71 bits per heavy atom. The van der Waals surface area contributed by atoms with Gasteiger partial charge in [0.05, 0.1) is 25.5 Å². The van der Waals surface area contributed by atoms with Gasteiger partial charge in [0, 0.05) is 51.6 Å². The van der Waals surface area contributed by atoms with Crippen LogP contribution in [0.3, 0.4) is 0 Å². The van der Waals surface area contributed by atoms with Gasteiger partial charge in [0.1, 0.15) is 11.5 Å². The summed E-state index contributed by atoms with van der Waals surface area (Å²) in [5.41, 5.74) is 0.826. The van der Waals surface area contributed by atoms with Gasteiger partial charge in [-0.3, -0.25) is 9.59 Å². The molecule has 1 N–H and O–H groups in total. The van der Waals surface area contributed by atoms with E-state index in [-0.39, 0.29) is 11.8 Å². The first-order chi connectivity index (χ1) is 13.5. The molecule has 2 heterocycles. The summed E-state index contributed by atoms with van der Waals surface area (Å²) in [6.45, 7) is 4.16. The number of ether oxygens (including phenoxy) is 2. The van der Waals surface area contributed by atoms with Gasteiger partial charge in [0.25, 0.3) is 5.91 Å². The molecule has 9 heteroatoms. The summed E-state index contributed by atoms with van der Waals surface area (Å²) >= 11 is 0. The lowest BCUT2D eigenvalue weighted by Crippen LogP contribution is -2.48. The van der Waals surface area contributed by atoms with Crippen LogP contribution in [-0.4, -0.2) is 67.1 Å². The van der Waals surface area contributed by atoms with E-state index in [1.165, 1.54) is 19.5 Å². The number of carbonyl (C=O) groups is 2. The van der Waals surface area contributed by atoms with Gasteiger partial charge < -0.3 is 24.6 Å². The van der Waals surface area contributed by atoms with Crippen LogP contribution in [0, 0.1) is 0 Å². The van der Waals surface area contributed by atoms with E-state index in [1.54, 1.807) is 37.1 Å². The summed E-state index contributed by atoms with van der Waals surface area (Å²) in [6.07, 6.45) is 2.98. The molecule has 28 heavy (non-hydrogen) atoms. The van der Waals surface area contributed by atoms with Crippen LogP contribution < -0.4 is 19.7 Å². The average molecular weight is 385 g/mol. The third kappa shape index (κ3) is 4.30. The van der Waals surface area contributed by atoms with Crippen molar-refractivity contribution in [2.45, 2.75) is 6.92 Å². The molecule has 0 radical (unpaired) electrons. The number of nitrogens with one attached hydrogen (secondary N) is 1. The summed E-state index contributed by atoms with van der Waals surface area (Å²) in [5.74, 6) is 1.39. The van der Waals surface area contributed by atoms with Crippen molar-refractivity contribution < 1.29 is 19.1 Å². The number of piperazine rings is 1. The van der Waals surface area contributed by atoms with Crippen molar-refractivity contribution in [3.8, 4) is 11.5 Å². The predicted molar refractivity (Wildman–Crippen MR) is 104 cm³/mol. The van der Waals surface area contributed by atoms with Gasteiger partial charge in [-0.05, 0) is 12.1 Å². The van der Waals surface area contributed by atoms with E-state index in [0.29, 0.717) is 54.9 Å². The van der Waals surface area contributed by atoms with Gasteiger partial charge in [-0.15, -0.1) is 0 Å². The summed E-state index contributed by atoms with van der Waals surface area (Å²) in [4.78, 5) is 36.4. The molecule has 1 aromatic carbocycles. The Hall–Kier alpha value is -3.36. The predicted octanol–water partition coefficient (Wildman–Crippen LogP) is 1.41. The molecule has 148 valence electrons. The van der Waals surface area contributed by atoms with Crippen LogP contribution in [0.2, 0.25) is 0 Å².